The fourth-order valence-electron chi connectivity index (χ4n) is 10.2. The highest BCUT2D eigenvalue weighted by Crippen LogP contribution is 2.66. The molecule has 2 heteroatoms. The number of fused-ring (bicyclic) bond motifs is 13. The molecule has 0 N–H and O–H groups in total. The number of benzene rings is 10. The lowest BCUT2D eigenvalue weighted by Gasteiger charge is -2.34. The Labute approximate surface area is 344 Å². The number of nitrogens with zero attached hydrogens (tertiary/aromatic N) is 2. The van der Waals surface area contributed by atoms with Crippen molar-refractivity contribution < 1.29 is 0 Å². The molecule has 0 aromatic heterocycles. The van der Waals surface area contributed by atoms with Gasteiger partial charge in [0.15, 0.2) is 0 Å². The normalized spacial score (nSPS) is 14.5. The highest BCUT2D eigenvalue weighted by molar-refractivity contribution is 6.10. The molecule has 276 valence electrons. The molecule has 0 saturated heterocycles. The van der Waals surface area contributed by atoms with Gasteiger partial charge >= 0.3 is 0 Å². The highest BCUT2D eigenvalue weighted by atomic mass is 15.2. The zero-order valence-electron chi connectivity index (χ0n) is 32.3. The van der Waals surface area contributed by atoms with Gasteiger partial charge in [0, 0.05) is 34.0 Å². The molecule has 0 amide bonds. The topological polar surface area (TPSA) is 6.48 Å². The van der Waals surface area contributed by atoms with Crippen LogP contribution in [0.25, 0.3) is 43.8 Å². The van der Waals surface area contributed by atoms with Crippen molar-refractivity contribution >= 4 is 55.7 Å². The van der Waals surface area contributed by atoms with E-state index in [1.807, 2.05) is 0 Å². The van der Waals surface area contributed by atoms with Gasteiger partial charge in [-0.05, 0) is 127 Å². The summed E-state index contributed by atoms with van der Waals surface area (Å²) >= 11 is 0. The Hall–Kier alpha value is -7.68. The molecule has 0 heterocycles. The summed E-state index contributed by atoms with van der Waals surface area (Å²) in [6.45, 7) is 0. The van der Waals surface area contributed by atoms with E-state index >= 15 is 0 Å². The summed E-state index contributed by atoms with van der Waals surface area (Å²) in [5.41, 5.74) is 16.6. The van der Waals surface area contributed by atoms with Crippen molar-refractivity contribution in [2.24, 2.45) is 0 Å². The van der Waals surface area contributed by atoms with E-state index in [9.17, 15) is 0 Å². The summed E-state index contributed by atoms with van der Waals surface area (Å²) in [5.74, 6) is 0. The molecule has 10 aromatic rings. The van der Waals surface area contributed by atoms with E-state index in [0.717, 1.165) is 28.4 Å². The van der Waals surface area contributed by atoms with Crippen molar-refractivity contribution in [3.05, 3.63) is 253 Å². The smallest absolute Gasteiger partial charge is 0.0733 e. The molecule has 2 aliphatic rings. The third-order valence-corrected chi connectivity index (χ3v) is 12.6. The summed E-state index contributed by atoms with van der Waals surface area (Å²) in [6, 6.07) is 84.9. The van der Waals surface area contributed by atoms with E-state index in [1.165, 1.54) is 71.7 Å². The molecule has 0 radical (unpaired) electrons. The zero-order valence-corrected chi connectivity index (χ0v) is 32.3. The number of rotatable bonds is 6. The fourth-order valence-corrected chi connectivity index (χ4v) is 10.2. The summed E-state index contributed by atoms with van der Waals surface area (Å²) < 4.78 is 0. The van der Waals surface area contributed by atoms with Gasteiger partial charge in [0.2, 0.25) is 0 Å². The van der Waals surface area contributed by atoms with Crippen LogP contribution in [0.4, 0.5) is 34.1 Å². The molecule has 1 spiro atoms. The second-order valence-corrected chi connectivity index (χ2v) is 15.6. The summed E-state index contributed by atoms with van der Waals surface area (Å²) in [7, 11) is 0. The quantitative estimate of drug-likeness (QED) is 0.167. The third kappa shape index (κ3) is 4.93. The van der Waals surface area contributed by atoms with Gasteiger partial charge in [-0.15, -0.1) is 0 Å². The van der Waals surface area contributed by atoms with Crippen LogP contribution in [-0.2, 0) is 5.41 Å². The molecular weight excluding hydrogens is 713 g/mol. The van der Waals surface area contributed by atoms with E-state index in [4.69, 9.17) is 0 Å². The first-order valence-electron chi connectivity index (χ1n) is 20.4. The zero-order chi connectivity index (χ0) is 38.9. The minimum absolute atomic E-state index is 0.589. The van der Waals surface area contributed by atoms with Gasteiger partial charge in [0.1, 0.15) is 0 Å². The van der Waals surface area contributed by atoms with Crippen LogP contribution in [0, 0.1) is 0 Å². The molecule has 59 heavy (non-hydrogen) atoms. The van der Waals surface area contributed by atoms with Crippen molar-refractivity contribution in [3.63, 3.8) is 0 Å². The average molecular weight is 751 g/mol. The Morgan fingerprint density at radius 3 is 1.47 bits per heavy atom. The minimum atomic E-state index is -0.589. The molecule has 0 bridgehead atoms. The van der Waals surface area contributed by atoms with Crippen LogP contribution in [0.1, 0.15) is 22.3 Å². The first-order valence-corrected chi connectivity index (χ1v) is 20.4. The first-order chi connectivity index (χ1) is 29.3. The van der Waals surface area contributed by atoms with Crippen LogP contribution in [0.5, 0.6) is 0 Å². The predicted molar refractivity (Wildman–Crippen MR) is 247 cm³/mol. The minimum Gasteiger partial charge on any atom is -0.310 e. The van der Waals surface area contributed by atoms with Gasteiger partial charge in [0.05, 0.1) is 11.1 Å². The molecule has 0 aliphatic heterocycles. The number of hydrogen-bond acceptors (Lipinski definition) is 2. The maximum absolute atomic E-state index is 2.49. The van der Waals surface area contributed by atoms with E-state index in [1.54, 1.807) is 0 Å². The molecule has 2 nitrogen and oxygen atoms in total. The Bertz CT molecular complexity index is 3190. The molecule has 1 unspecified atom stereocenters. The van der Waals surface area contributed by atoms with Crippen molar-refractivity contribution in [1.82, 2.24) is 0 Å². The van der Waals surface area contributed by atoms with E-state index in [-0.39, 0.29) is 0 Å². The van der Waals surface area contributed by atoms with Crippen LogP contribution in [-0.4, -0.2) is 0 Å². The molecule has 10 aromatic carbocycles. The van der Waals surface area contributed by atoms with Crippen molar-refractivity contribution in [2.75, 3.05) is 9.80 Å². The summed E-state index contributed by atoms with van der Waals surface area (Å²) in [4.78, 5) is 4.88. The van der Waals surface area contributed by atoms with E-state index in [2.05, 4.69) is 240 Å². The van der Waals surface area contributed by atoms with Gasteiger partial charge < -0.3 is 9.80 Å². The van der Waals surface area contributed by atoms with Gasteiger partial charge in [-0.1, -0.05) is 164 Å². The Kier molecular flexibility index (Phi) is 7.48. The lowest BCUT2D eigenvalue weighted by atomic mass is 9.69. The van der Waals surface area contributed by atoms with Gasteiger partial charge in [-0.3, -0.25) is 0 Å². The number of anilines is 6. The number of para-hydroxylation sites is 3. The number of hydrogen-bond donors (Lipinski definition) is 0. The Balaban J connectivity index is 1.21. The molecule has 0 saturated carbocycles. The average Bonchev–Trinajstić information content (AvgIpc) is 3.78. The third-order valence-electron chi connectivity index (χ3n) is 12.6. The Morgan fingerprint density at radius 1 is 0.288 bits per heavy atom. The SMILES string of the molecule is c1ccc(N(c2ccccc2)c2ccc3c(c2)C2(c4ccccc4-3)c3ccccc3-c3c(N(c4ccccc4)c4ccc5ccccc5c4)cc4ccccc4c32)cc1. The first kappa shape index (κ1) is 33.5. The fraction of sp³-hybridized carbons (Fsp3) is 0.0175. The second-order valence-electron chi connectivity index (χ2n) is 15.6. The molecular formula is C57H38N2. The second kappa shape index (κ2) is 13.2. The van der Waals surface area contributed by atoms with Crippen LogP contribution in [0.3, 0.4) is 0 Å². The van der Waals surface area contributed by atoms with Gasteiger partial charge in [-0.25, -0.2) is 0 Å². The molecule has 12 rings (SSSR count). The summed E-state index contributed by atoms with van der Waals surface area (Å²) in [6.07, 6.45) is 0. The molecule has 0 fully saturated rings. The van der Waals surface area contributed by atoms with Crippen molar-refractivity contribution in [1.29, 1.82) is 0 Å². The predicted octanol–water partition coefficient (Wildman–Crippen LogP) is 15.3. The van der Waals surface area contributed by atoms with Crippen LogP contribution < -0.4 is 9.80 Å². The van der Waals surface area contributed by atoms with E-state index in [0.29, 0.717) is 0 Å². The molecule has 1 atom stereocenters. The van der Waals surface area contributed by atoms with Crippen molar-refractivity contribution in [2.45, 2.75) is 5.41 Å². The standard InChI is InChI=1S/C57H38N2/c1-4-21-42(22-5-1)58(43-23-6-2-7-24-43)46-34-35-49-48-28-14-16-30-51(48)57(53(49)38-46)52-31-17-15-29-50(52)55-54(37-41-20-12-13-27-47(41)56(55)57)59(44-25-8-3-9-26-44)45-33-32-39-18-10-11-19-40(39)36-45/h1-38H. The lowest BCUT2D eigenvalue weighted by Crippen LogP contribution is -2.27. The van der Waals surface area contributed by atoms with E-state index < -0.39 is 5.41 Å². The summed E-state index contributed by atoms with van der Waals surface area (Å²) in [5, 5.41) is 4.93. The maximum Gasteiger partial charge on any atom is 0.0733 e. The highest BCUT2D eigenvalue weighted by Gasteiger charge is 2.53. The molecule has 2 aliphatic carbocycles. The van der Waals surface area contributed by atoms with Crippen LogP contribution >= 0.6 is 0 Å². The largest absolute Gasteiger partial charge is 0.310 e. The van der Waals surface area contributed by atoms with Crippen molar-refractivity contribution in [3.8, 4) is 22.3 Å². The lowest BCUT2D eigenvalue weighted by molar-refractivity contribution is 0.801. The van der Waals surface area contributed by atoms with Crippen LogP contribution in [0.15, 0.2) is 231 Å². The Morgan fingerprint density at radius 2 is 0.780 bits per heavy atom. The van der Waals surface area contributed by atoms with Gasteiger partial charge in [-0.2, -0.15) is 0 Å². The van der Waals surface area contributed by atoms with Gasteiger partial charge in [0.25, 0.3) is 0 Å². The maximum atomic E-state index is 2.49. The monoisotopic (exact) mass is 750 g/mol. The van der Waals surface area contributed by atoms with Crippen LogP contribution in [0.2, 0.25) is 0 Å².